The smallest absolute Gasteiger partial charge is 0.335 e. The summed E-state index contributed by atoms with van der Waals surface area (Å²) in [5.41, 5.74) is 1.92. The minimum absolute atomic E-state index is 0.239. The molecule has 0 saturated heterocycles. The molecule has 8 nitrogen and oxygen atoms in total. The molecule has 0 spiro atoms. The highest BCUT2D eigenvalue weighted by molar-refractivity contribution is 5.87. The number of ether oxygens (including phenoxy) is 2. The van der Waals surface area contributed by atoms with E-state index in [1.165, 1.54) is 17.3 Å². The largest absolute Gasteiger partial charge is 0.493 e. The second-order valence-corrected chi connectivity index (χ2v) is 5.29. The van der Waals surface area contributed by atoms with E-state index in [0.717, 1.165) is 11.1 Å². The van der Waals surface area contributed by atoms with Crippen LogP contribution in [0.15, 0.2) is 60.2 Å². The Hall–Kier alpha value is -3.68. The first kappa shape index (κ1) is 17.2. The first-order valence-electron chi connectivity index (χ1n) is 7.68. The van der Waals surface area contributed by atoms with Gasteiger partial charge in [0.05, 0.1) is 18.9 Å². The van der Waals surface area contributed by atoms with E-state index < -0.39 is 5.97 Å². The summed E-state index contributed by atoms with van der Waals surface area (Å²) in [6.07, 6.45) is 4.63. The molecule has 2 aromatic carbocycles. The molecule has 0 atom stereocenters. The fourth-order valence-electron chi connectivity index (χ4n) is 2.18. The van der Waals surface area contributed by atoms with Crippen molar-refractivity contribution >= 4 is 12.2 Å². The number of carboxylic acid groups (broad SMARTS) is 1. The Bertz CT molecular complexity index is 905. The first-order chi connectivity index (χ1) is 12.7. The molecule has 0 unspecified atom stereocenters. The lowest BCUT2D eigenvalue weighted by atomic mass is 10.1. The monoisotopic (exact) mass is 352 g/mol. The summed E-state index contributed by atoms with van der Waals surface area (Å²) in [4.78, 5) is 10.9. The van der Waals surface area contributed by atoms with Crippen molar-refractivity contribution < 1.29 is 19.4 Å². The van der Waals surface area contributed by atoms with Gasteiger partial charge in [0.1, 0.15) is 19.3 Å². The number of hydrogen-bond donors (Lipinski definition) is 1. The van der Waals surface area contributed by atoms with Gasteiger partial charge in [0.25, 0.3) is 0 Å². The number of carboxylic acids is 1. The average Bonchev–Trinajstić information content (AvgIpc) is 3.19. The van der Waals surface area contributed by atoms with Crippen LogP contribution >= 0.6 is 0 Å². The predicted molar refractivity (Wildman–Crippen MR) is 93.7 cm³/mol. The van der Waals surface area contributed by atoms with Crippen molar-refractivity contribution in [3.63, 3.8) is 0 Å². The highest BCUT2D eigenvalue weighted by atomic mass is 16.5. The molecule has 8 heteroatoms. The Kier molecular flexibility index (Phi) is 5.23. The molecule has 0 aliphatic heterocycles. The highest BCUT2D eigenvalue weighted by Crippen LogP contribution is 2.28. The normalized spacial score (nSPS) is 10.8. The van der Waals surface area contributed by atoms with Crippen LogP contribution in [0.3, 0.4) is 0 Å². The molecule has 0 fully saturated rings. The third kappa shape index (κ3) is 4.23. The zero-order chi connectivity index (χ0) is 18.4. The van der Waals surface area contributed by atoms with Crippen LogP contribution in [-0.2, 0) is 6.61 Å². The summed E-state index contributed by atoms with van der Waals surface area (Å²) in [6, 6.07) is 12.0. The Balaban J connectivity index is 1.68. The summed E-state index contributed by atoms with van der Waals surface area (Å²) in [5, 5.41) is 20.4. The number of carbonyl (C=O) groups is 1. The van der Waals surface area contributed by atoms with Crippen LogP contribution in [0.2, 0.25) is 0 Å². The van der Waals surface area contributed by atoms with Crippen LogP contribution in [0.25, 0.3) is 0 Å². The van der Waals surface area contributed by atoms with Gasteiger partial charge in [0.2, 0.25) is 0 Å². The maximum absolute atomic E-state index is 10.9. The van der Waals surface area contributed by atoms with Crippen molar-refractivity contribution in [2.45, 2.75) is 6.61 Å². The summed E-state index contributed by atoms with van der Waals surface area (Å²) in [5.74, 6) is 0.194. The molecular formula is C18H16N4O4. The molecule has 0 aliphatic carbocycles. The number of rotatable bonds is 7. The van der Waals surface area contributed by atoms with Crippen molar-refractivity contribution in [3.8, 4) is 11.5 Å². The minimum atomic E-state index is -0.956. The zero-order valence-electron chi connectivity index (χ0n) is 13.9. The van der Waals surface area contributed by atoms with Gasteiger partial charge in [0, 0.05) is 0 Å². The number of hydrogen-bond acceptors (Lipinski definition) is 6. The minimum Gasteiger partial charge on any atom is -0.493 e. The van der Waals surface area contributed by atoms with Gasteiger partial charge in [-0.3, -0.25) is 0 Å². The average molecular weight is 352 g/mol. The van der Waals surface area contributed by atoms with Crippen LogP contribution < -0.4 is 9.47 Å². The lowest BCUT2D eigenvalue weighted by molar-refractivity contribution is 0.0697. The number of methoxy groups -OCH3 is 1. The number of aromatic carboxylic acids is 1. The highest BCUT2D eigenvalue weighted by Gasteiger charge is 2.07. The van der Waals surface area contributed by atoms with Crippen LogP contribution in [0, 0.1) is 0 Å². The van der Waals surface area contributed by atoms with E-state index in [1.807, 2.05) is 6.07 Å². The molecule has 0 aliphatic rings. The molecule has 1 aromatic heterocycles. The van der Waals surface area contributed by atoms with Gasteiger partial charge in [0.15, 0.2) is 11.5 Å². The van der Waals surface area contributed by atoms with Crippen molar-refractivity contribution in [2.24, 2.45) is 5.10 Å². The molecule has 132 valence electrons. The van der Waals surface area contributed by atoms with Gasteiger partial charge in [-0.05, 0) is 41.5 Å². The Labute approximate surface area is 149 Å². The summed E-state index contributed by atoms with van der Waals surface area (Å²) in [6.45, 7) is 0.296. The molecule has 0 saturated carbocycles. The van der Waals surface area contributed by atoms with Crippen LogP contribution in [0.4, 0.5) is 0 Å². The van der Waals surface area contributed by atoms with Gasteiger partial charge < -0.3 is 14.6 Å². The second-order valence-electron chi connectivity index (χ2n) is 5.29. The molecule has 0 radical (unpaired) electrons. The van der Waals surface area contributed by atoms with E-state index in [2.05, 4.69) is 15.3 Å². The molecule has 26 heavy (non-hydrogen) atoms. The van der Waals surface area contributed by atoms with E-state index in [-0.39, 0.29) is 5.56 Å². The van der Waals surface area contributed by atoms with Crippen molar-refractivity contribution in [2.75, 3.05) is 7.11 Å². The van der Waals surface area contributed by atoms with Crippen molar-refractivity contribution in [3.05, 3.63) is 71.8 Å². The quantitative estimate of drug-likeness (QED) is 0.656. The summed E-state index contributed by atoms with van der Waals surface area (Å²) in [7, 11) is 1.56. The SMILES string of the molecule is COc1cc(/C=N\n2cnnc2)ccc1OCc1ccc(C(=O)O)cc1. The molecule has 1 heterocycles. The van der Waals surface area contributed by atoms with Gasteiger partial charge in [-0.15, -0.1) is 10.2 Å². The molecular weight excluding hydrogens is 336 g/mol. The van der Waals surface area contributed by atoms with E-state index in [1.54, 1.807) is 49.7 Å². The Morgan fingerprint density at radius 1 is 1.15 bits per heavy atom. The van der Waals surface area contributed by atoms with E-state index >= 15 is 0 Å². The number of aromatic nitrogens is 3. The molecule has 1 N–H and O–H groups in total. The molecule has 0 bridgehead atoms. The molecule has 3 rings (SSSR count). The predicted octanol–water partition coefficient (Wildman–Crippen LogP) is 2.45. The van der Waals surface area contributed by atoms with E-state index in [9.17, 15) is 4.79 Å². The van der Waals surface area contributed by atoms with Gasteiger partial charge in [-0.1, -0.05) is 12.1 Å². The maximum atomic E-state index is 10.9. The Morgan fingerprint density at radius 2 is 1.88 bits per heavy atom. The van der Waals surface area contributed by atoms with Crippen LogP contribution in [0.1, 0.15) is 21.5 Å². The lowest BCUT2D eigenvalue weighted by Crippen LogP contribution is -2.00. The third-order valence-corrected chi connectivity index (χ3v) is 3.53. The third-order valence-electron chi connectivity index (χ3n) is 3.53. The van der Waals surface area contributed by atoms with Gasteiger partial charge in [-0.2, -0.15) is 5.10 Å². The zero-order valence-corrected chi connectivity index (χ0v) is 13.9. The fourth-order valence-corrected chi connectivity index (χ4v) is 2.18. The summed E-state index contributed by atoms with van der Waals surface area (Å²) < 4.78 is 12.6. The lowest BCUT2D eigenvalue weighted by Gasteiger charge is -2.11. The molecule has 0 amide bonds. The van der Waals surface area contributed by atoms with E-state index in [0.29, 0.717) is 18.1 Å². The molecule has 3 aromatic rings. The second kappa shape index (κ2) is 7.93. The van der Waals surface area contributed by atoms with Crippen LogP contribution in [0.5, 0.6) is 11.5 Å². The number of nitrogens with zero attached hydrogens (tertiary/aromatic N) is 4. The van der Waals surface area contributed by atoms with E-state index in [4.69, 9.17) is 14.6 Å². The topological polar surface area (TPSA) is 98.8 Å². The first-order valence-corrected chi connectivity index (χ1v) is 7.68. The maximum Gasteiger partial charge on any atom is 0.335 e. The van der Waals surface area contributed by atoms with Crippen molar-refractivity contribution in [1.29, 1.82) is 0 Å². The summed E-state index contributed by atoms with van der Waals surface area (Å²) >= 11 is 0. The number of benzene rings is 2. The fraction of sp³-hybridized carbons (Fsp3) is 0.111. The van der Waals surface area contributed by atoms with Gasteiger partial charge >= 0.3 is 5.97 Å². The van der Waals surface area contributed by atoms with Crippen molar-refractivity contribution in [1.82, 2.24) is 14.9 Å². The standard InChI is InChI=1S/C18H16N4O4/c1-25-17-8-14(9-21-22-11-19-20-12-22)4-7-16(17)26-10-13-2-5-15(6-3-13)18(23)24/h2-9,11-12H,10H2,1H3,(H,23,24)/b21-9-. The van der Waals surface area contributed by atoms with Crippen LogP contribution in [-0.4, -0.2) is 39.3 Å². The van der Waals surface area contributed by atoms with Gasteiger partial charge in [-0.25, -0.2) is 9.47 Å². The Morgan fingerprint density at radius 3 is 2.54 bits per heavy atom.